The van der Waals surface area contributed by atoms with Gasteiger partial charge in [0.15, 0.2) is 0 Å². The van der Waals surface area contributed by atoms with Gasteiger partial charge in [-0.1, -0.05) is 19.3 Å². The van der Waals surface area contributed by atoms with Crippen molar-refractivity contribution in [3.8, 4) is 0 Å². The third-order valence-electron chi connectivity index (χ3n) is 3.34. The van der Waals surface area contributed by atoms with E-state index in [0.29, 0.717) is 6.54 Å². The third kappa shape index (κ3) is 4.07. The molecule has 4 nitrogen and oxygen atoms in total. The molecular formula is C11H23NO3. The lowest BCUT2D eigenvalue weighted by atomic mass is 9.74. The maximum absolute atomic E-state index is 9.41. The summed E-state index contributed by atoms with van der Waals surface area (Å²) < 4.78 is 0. The monoisotopic (exact) mass is 217 g/mol. The van der Waals surface area contributed by atoms with Gasteiger partial charge in [-0.3, -0.25) is 0 Å². The molecular weight excluding hydrogens is 194 g/mol. The summed E-state index contributed by atoms with van der Waals surface area (Å²) in [6.45, 7) is 1.15. The topological polar surface area (TPSA) is 72.7 Å². The van der Waals surface area contributed by atoms with Crippen molar-refractivity contribution in [2.45, 2.75) is 38.2 Å². The molecule has 1 rings (SSSR count). The molecule has 0 aromatic rings. The Bertz CT molecular complexity index is 169. The van der Waals surface area contributed by atoms with Gasteiger partial charge in [0, 0.05) is 25.1 Å². The van der Waals surface area contributed by atoms with E-state index in [2.05, 4.69) is 5.32 Å². The molecule has 1 fully saturated rings. The molecule has 1 atom stereocenters. The fourth-order valence-electron chi connectivity index (χ4n) is 2.26. The largest absolute Gasteiger partial charge is 0.396 e. The Labute approximate surface area is 91.3 Å². The molecule has 4 N–H and O–H groups in total. The molecule has 0 amide bonds. The fraction of sp³-hybridized carbons (Fsp3) is 1.00. The van der Waals surface area contributed by atoms with Gasteiger partial charge in [0.1, 0.15) is 0 Å². The van der Waals surface area contributed by atoms with Gasteiger partial charge in [-0.25, -0.2) is 0 Å². The average molecular weight is 217 g/mol. The van der Waals surface area contributed by atoms with E-state index in [-0.39, 0.29) is 18.6 Å². The molecule has 0 aromatic carbocycles. The molecule has 0 radical (unpaired) electrons. The molecule has 1 unspecified atom stereocenters. The zero-order valence-electron chi connectivity index (χ0n) is 9.28. The number of hydrogen-bond donors (Lipinski definition) is 4. The lowest BCUT2D eigenvalue weighted by molar-refractivity contribution is 0.0650. The smallest absolute Gasteiger partial charge is 0.0894 e. The van der Waals surface area contributed by atoms with Crippen LogP contribution in [-0.2, 0) is 0 Å². The van der Waals surface area contributed by atoms with Crippen LogP contribution in [0.25, 0.3) is 0 Å². The predicted octanol–water partition coefficient (Wildman–Crippen LogP) is -0.128. The normalized spacial score (nSPS) is 22.6. The van der Waals surface area contributed by atoms with Gasteiger partial charge >= 0.3 is 0 Å². The maximum Gasteiger partial charge on any atom is 0.0894 e. The standard InChI is InChI=1S/C11H23NO3/c13-7-10(15)6-12-8-11(9-14)4-2-1-3-5-11/h10,12-15H,1-9H2. The van der Waals surface area contributed by atoms with Crippen molar-refractivity contribution in [2.24, 2.45) is 5.41 Å². The lowest BCUT2D eigenvalue weighted by Gasteiger charge is -2.36. The van der Waals surface area contributed by atoms with Crippen LogP contribution in [0, 0.1) is 5.41 Å². The van der Waals surface area contributed by atoms with Crippen LogP contribution < -0.4 is 5.32 Å². The number of aliphatic hydroxyl groups excluding tert-OH is 3. The zero-order chi connectivity index (χ0) is 11.1. The van der Waals surface area contributed by atoms with Gasteiger partial charge < -0.3 is 20.6 Å². The van der Waals surface area contributed by atoms with Crippen LogP contribution in [-0.4, -0.2) is 47.7 Å². The highest BCUT2D eigenvalue weighted by Gasteiger charge is 2.30. The minimum absolute atomic E-state index is 0.00737. The Morgan fingerprint density at radius 2 is 1.80 bits per heavy atom. The molecule has 15 heavy (non-hydrogen) atoms. The average Bonchev–Trinajstić information content (AvgIpc) is 2.30. The molecule has 0 saturated heterocycles. The number of hydrogen-bond acceptors (Lipinski definition) is 4. The maximum atomic E-state index is 9.41. The van der Waals surface area contributed by atoms with Crippen molar-refractivity contribution in [3.05, 3.63) is 0 Å². The zero-order valence-corrected chi connectivity index (χ0v) is 9.28. The van der Waals surface area contributed by atoms with Crippen molar-refractivity contribution in [3.63, 3.8) is 0 Å². The van der Waals surface area contributed by atoms with Crippen LogP contribution in [0.1, 0.15) is 32.1 Å². The van der Waals surface area contributed by atoms with E-state index >= 15 is 0 Å². The van der Waals surface area contributed by atoms with Crippen LogP contribution in [0.15, 0.2) is 0 Å². The van der Waals surface area contributed by atoms with Crippen molar-refractivity contribution in [1.29, 1.82) is 0 Å². The van der Waals surface area contributed by atoms with Crippen molar-refractivity contribution in [1.82, 2.24) is 5.32 Å². The minimum atomic E-state index is -0.690. The van der Waals surface area contributed by atoms with Gasteiger partial charge in [0.05, 0.1) is 12.7 Å². The molecule has 0 bridgehead atoms. The molecule has 4 heteroatoms. The van der Waals surface area contributed by atoms with Gasteiger partial charge in [0.2, 0.25) is 0 Å². The molecule has 0 aliphatic heterocycles. The summed E-state index contributed by atoms with van der Waals surface area (Å²) in [4.78, 5) is 0. The Kier molecular flexibility index (Phi) is 5.53. The number of nitrogens with one attached hydrogen (secondary N) is 1. The highest BCUT2D eigenvalue weighted by Crippen LogP contribution is 2.35. The number of aliphatic hydroxyl groups is 3. The second-order valence-electron chi connectivity index (χ2n) is 4.69. The summed E-state index contributed by atoms with van der Waals surface area (Å²) in [6.07, 6.45) is 5.07. The van der Waals surface area contributed by atoms with Crippen LogP contribution in [0.5, 0.6) is 0 Å². The molecule has 1 aliphatic carbocycles. The van der Waals surface area contributed by atoms with E-state index in [4.69, 9.17) is 10.2 Å². The minimum Gasteiger partial charge on any atom is -0.396 e. The predicted molar refractivity (Wildman–Crippen MR) is 58.6 cm³/mol. The third-order valence-corrected chi connectivity index (χ3v) is 3.34. The molecule has 90 valence electrons. The first-order valence-electron chi connectivity index (χ1n) is 5.83. The van der Waals surface area contributed by atoms with Crippen molar-refractivity contribution >= 4 is 0 Å². The second kappa shape index (κ2) is 6.43. The molecule has 0 aromatic heterocycles. The van der Waals surface area contributed by atoms with E-state index in [0.717, 1.165) is 19.4 Å². The number of rotatable bonds is 6. The second-order valence-corrected chi connectivity index (χ2v) is 4.69. The van der Waals surface area contributed by atoms with E-state index in [1.807, 2.05) is 0 Å². The first-order chi connectivity index (χ1) is 7.22. The molecule has 0 heterocycles. The van der Waals surface area contributed by atoms with E-state index in [9.17, 15) is 5.11 Å². The summed E-state index contributed by atoms with van der Waals surface area (Å²) in [5, 5.41) is 30.4. The van der Waals surface area contributed by atoms with Crippen LogP contribution in [0.2, 0.25) is 0 Å². The van der Waals surface area contributed by atoms with Gasteiger partial charge in [-0.15, -0.1) is 0 Å². The van der Waals surface area contributed by atoms with E-state index in [1.165, 1.54) is 19.3 Å². The van der Waals surface area contributed by atoms with Gasteiger partial charge in [-0.2, -0.15) is 0 Å². The Morgan fingerprint density at radius 3 is 2.33 bits per heavy atom. The van der Waals surface area contributed by atoms with E-state index < -0.39 is 6.10 Å². The van der Waals surface area contributed by atoms with Gasteiger partial charge in [-0.05, 0) is 12.8 Å². The van der Waals surface area contributed by atoms with Crippen LogP contribution in [0.3, 0.4) is 0 Å². The fourth-order valence-corrected chi connectivity index (χ4v) is 2.26. The lowest BCUT2D eigenvalue weighted by Crippen LogP contribution is -2.42. The van der Waals surface area contributed by atoms with Gasteiger partial charge in [0.25, 0.3) is 0 Å². The summed E-state index contributed by atoms with van der Waals surface area (Å²) in [5.74, 6) is 0. The summed E-state index contributed by atoms with van der Waals surface area (Å²) in [7, 11) is 0. The van der Waals surface area contributed by atoms with E-state index in [1.54, 1.807) is 0 Å². The first kappa shape index (κ1) is 12.9. The highest BCUT2D eigenvalue weighted by atomic mass is 16.3. The van der Waals surface area contributed by atoms with Crippen LogP contribution >= 0.6 is 0 Å². The Morgan fingerprint density at radius 1 is 1.13 bits per heavy atom. The Hall–Kier alpha value is -0.160. The Balaban J connectivity index is 2.26. The summed E-state index contributed by atoms with van der Waals surface area (Å²) in [6, 6.07) is 0. The molecule has 1 aliphatic rings. The first-order valence-corrected chi connectivity index (χ1v) is 5.83. The SMILES string of the molecule is OCC(O)CNCC1(CO)CCCCC1. The van der Waals surface area contributed by atoms with Crippen molar-refractivity contribution in [2.75, 3.05) is 26.3 Å². The highest BCUT2D eigenvalue weighted by molar-refractivity contribution is 4.84. The summed E-state index contributed by atoms with van der Waals surface area (Å²) >= 11 is 0. The molecule has 1 saturated carbocycles. The summed E-state index contributed by atoms with van der Waals surface area (Å²) in [5.41, 5.74) is 0.00737. The molecule has 0 spiro atoms. The quantitative estimate of drug-likeness (QED) is 0.500. The van der Waals surface area contributed by atoms with Crippen molar-refractivity contribution < 1.29 is 15.3 Å². The van der Waals surface area contributed by atoms with Crippen LogP contribution in [0.4, 0.5) is 0 Å².